The van der Waals surface area contributed by atoms with Crippen molar-refractivity contribution >= 4 is 5.91 Å². The smallest absolute Gasteiger partial charge is 0.238 e. The minimum Gasteiger partial charge on any atom is -0.339 e. The van der Waals surface area contributed by atoms with E-state index in [2.05, 4.69) is 21.8 Å². The summed E-state index contributed by atoms with van der Waals surface area (Å²) in [5.41, 5.74) is 3.16. The zero-order valence-electron chi connectivity index (χ0n) is 14.9. The van der Waals surface area contributed by atoms with E-state index >= 15 is 0 Å². The molecule has 2 heterocycles. The fraction of sp³-hybridized carbons (Fsp3) is 0.450. The third kappa shape index (κ3) is 3.23. The van der Waals surface area contributed by atoms with Crippen LogP contribution in [0.4, 0.5) is 0 Å². The molecule has 0 spiro atoms. The summed E-state index contributed by atoms with van der Waals surface area (Å²) in [6, 6.07) is 12.1. The molecule has 4 atom stereocenters. The summed E-state index contributed by atoms with van der Waals surface area (Å²) in [6.45, 7) is 0. The van der Waals surface area contributed by atoms with E-state index < -0.39 is 6.04 Å². The Morgan fingerprint density at radius 1 is 1.38 bits per heavy atom. The van der Waals surface area contributed by atoms with Crippen LogP contribution in [0.25, 0.3) is 11.3 Å². The fourth-order valence-corrected chi connectivity index (χ4v) is 4.25. The van der Waals surface area contributed by atoms with Gasteiger partial charge in [-0.15, -0.1) is 0 Å². The zero-order valence-corrected chi connectivity index (χ0v) is 14.9. The van der Waals surface area contributed by atoms with Gasteiger partial charge < -0.3 is 10.6 Å². The summed E-state index contributed by atoms with van der Waals surface area (Å²) in [6.07, 6.45) is 5.65. The quantitative estimate of drug-likeness (QED) is 0.862. The number of hydrogen-bond acceptors (Lipinski definition) is 4. The first kappa shape index (κ1) is 16.8. The molecule has 1 saturated heterocycles. The second kappa shape index (κ2) is 6.93. The number of nitrogens with one attached hydrogen (secondary N) is 2. The standard InChI is InChI=1S/C20H23N5O/c1-25-18(8-9-22-25)14-4-2-13(3-5-14)10-17(12-21)24-20(26)19-15-6-7-16(11-15)23-19/h2-5,8-9,15-17,19,23H,6-7,10-11H2,1H3,(H,24,26)/t15-,16+,17-,19-/m0/s1. The van der Waals surface area contributed by atoms with E-state index in [1.165, 1.54) is 6.42 Å². The van der Waals surface area contributed by atoms with Gasteiger partial charge in [0.2, 0.25) is 5.91 Å². The summed E-state index contributed by atoms with van der Waals surface area (Å²) in [5.74, 6) is 0.396. The minimum atomic E-state index is -0.508. The number of hydrogen-bond donors (Lipinski definition) is 2. The molecule has 0 unspecified atom stereocenters. The molecule has 0 radical (unpaired) electrons. The van der Waals surface area contributed by atoms with E-state index in [0.29, 0.717) is 18.4 Å². The number of rotatable bonds is 5. The van der Waals surface area contributed by atoms with Gasteiger partial charge in [0.15, 0.2) is 0 Å². The van der Waals surface area contributed by atoms with E-state index in [0.717, 1.165) is 29.7 Å². The van der Waals surface area contributed by atoms with Crippen LogP contribution in [0, 0.1) is 17.2 Å². The van der Waals surface area contributed by atoms with Crippen LogP contribution >= 0.6 is 0 Å². The highest BCUT2D eigenvalue weighted by Gasteiger charge is 2.42. The number of aromatic nitrogens is 2. The van der Waals surface area contributed by atoms with E-state index in [-0.39, 0.29) is 11.9 Å². The Labute approximate surface area is 153 Å². The van der Waals surface area contributed by atoms with Crippen LogP contribution in [0.15, 0.2) is 36.5 Å². The topological polar surface area (TPSA) is 82.7 Å². The van der Waals surface area contributed by atoms with Crippen LogP contribution in [-0.4, -0.2) is 33.8 Å². The van der Waals surface area contributed by atoms with Gasteiger partial charge in [0.05, 0.1) is 17.8 Å². The number of aryl methyl sites for hydroxylation is 1. The summed E-state index contributed by atoms with van der Waals surface area (Å²) in [7, 11) is 1.91. The third-order valence-electron chi connectivity index (χ3n) is 5.63. The fourth-order valence-electron chi connectivity index (χ4n) is 4.25. The summed E-state index contributed by atoms with van der Waals surface area (Å²) in [5, 5.41) is 19.9. The Morgan fingerprint density at radius 3 is 2.77 bits per heavy atom. The first-order chi connectivity index (χ1) is 12.6. The van der Waals surface area contributed by atoms with Crippen LogP contribution in [0.2, 0.25) is 0 Å². The largest absolute Gasteiger partial charge is 0.339 e. The summed E-state index contributed by atoms with van der Waals surface area (Å²) < 4.78 is 1.83. The van der Waals surface area contributed by atoms with Crippen molar-refractivity contribution < 1.29 is 4.79 Å². The maximum Gasteiger partial charge on any atom is 0.238 e. The van der Waals surface area contributed by atoms with Crippen molar-refractivity contribution in [3.8, 4) is 17.3 Å². The normalized spacial score (nSPS) is 25.0. The summed E-state index contributed by atoms with van der Waals surface area (Å²) >= 11 is 0. The van der Waals surface area contributed by atoms with Crippen LogP contribution < -0.4 is 10.6 Å². The highest BCUT2D eigenvalue weighted by Crippen LogP contribution is 2.35. The number of nitriles is 1. The van der Waals surface area contributed by atoms with Crippen LogP contribution in [0.5, 0.6) is 0 Å². The van der Waals surface area contributed by atoms with Crippen LogP contribution in [0.3, 0.4) is 0 Å². The SMILES string of the molecule is Cn1nccc1-c1ccc(C[C@@H](C#N)NC(=O)[C@H]2N[C@@H]3CC[C@H]2C3)cc1. The average Bonchev–Trinajstić information content (AvgIpc) is 3.38. The molecule has 6 heteroatoms. The maximum atomic E-state index is 12.5. The Morgan fingerprint density at radius 2 is 2.19 bits per heavy atom. The number of nitrogens with zero attached hydrogens (tertiary/aromatic N) is 3. The lowest BCUT2D eigenvalue weighted by Crippen LogP contribution is -2.50. The van der Waals surface area contributed by atoms with Gasteiger partial charge in [-0.2, -0.15) is 10.4 Å². The highest BCUT2D eigenvalue weighted by molar-refractivity contribution is 5.83. The Bertz CT molecular complexity index is 835. The van der Waals surface area contributed by atoms with Crippen LogP contribution in [0.1, 0.15) is 24.8 Å². The molecule has 26 heavy (non-hydrogen) atoms. The molecule has 1 aromatic heterocycles. The average molecular weight is 349 g/mol. The molecule has 1 aliphatic heterocycles. The second-order valence-electron chi connectivity index (χ2n) is 7.35. The molecule has 2 aliphatic rings. The number of amides is 1. The molecule has 1 aliphatic carbocycles. The van der Waals surface area contributed by atoms with Crippen LogP contribution in [-0.2, 0) is 18.3 Å². The Hall–Kier alpha value is -2.65. The molecule has 6 nitrogen and oxygen atoms in total. The number of benzene rings is 1. The lowest BCUT2D eigenvalue weighted by molar-refractivity contribution is -0.124. The molecule has 2 fully saturated rings. The predicted molar refractivity (Wildman–Crippen MR) is 97.9 cm³/mol. The molecule has 1 saturated carbocycles. The molecule has 2 bridgehead atoms. The number of carbonyl (C=O) groups is 1. The van der Waals surface area contributed by atoms with E-state index in [9.17, 15) is 10.1 Å². The first-order valence-electron chi connectivity index (χ1n) is 9.17. The number of piperidine rings is 1. The van der Waals surface area contributed by atoms with E-state index in [1.807, 2.05) is 42.1 Å². The first-order valence-corrected chi connectivity index (χ1v) is 9.17. The van der Waals surface area contributed by atoms with Gasteiger partial charge >= 0.3 is 0 Å². The van der Waals surface area contributed by atoms with Gasteiger partial charge in [-0.3, -0.25) is 9.48 Å². The van der Waals surface area contributed by atoms with Gasteiger partial charge in [0.25, 0.3) is 0 Å². The van der Waals surface area contributed by atoms with Crippen molar-refractivity contribution in [3.63, 3.8) is 0 Å². The predicted octanol–water partition coefficient (Wildman–Crippen LogP) is 1.78. The van der Waals surface area contributed by atoms with Crippen molar-refractivity contribution in [2.24, 2.45) is 13.0 Å². The molecular formula is C20H23N5O. The summed E-state index contributed by atoms with van der Waals surface area (Å²) in [4.78, 5) is 12.5. The monoisotopic (exact) mass is 349 g/mol. The van der Waals surface area contributed by atoms with Gasteiger partial charge in [0, 0.05) is 25.7 Å². The molecule has 2 N–H and O–H groups in total. The van der Waals surface area contributed by atoms with Gasteiger partial charge in [-0.1, -0.05) is 24.3 Å². The third-order valence-corrected chi connectivity index (χ3v) is 5.63. The van der Waals surface area contributed by atoms with Gasteiger partial charge in [0.1, 0.15) is 6.04 Å². The zero-order chi connectivity index (χ0) is 18.1. The molecule has 4 rings (SSSR count). The van der Waals surface area contributed by atoms with E-state index in [4.69, 9.17) is 0 Å². The molecular weight excluding hydrogens is 326 g/mol. The minimum absolute atomic E-state index is 0.0322. The van der Waals surface area contributed by atoms with Crippen molar-refractivity contribution in [1.82, 2.24) is 20.4 Å². The Balaban J connectivity index is 1.38. The molecule has 1 aromatic carbocycles. The Kier molecular flexibility index (Phi) is 4.48. The second-order valence-corrected chi connectivity index (χ2v) is 7.35. The molecule has 2 aromatic rings. The lowest BCUT2D eigenvalue weighted by atomic mass is 9.98. The van der Waals surface area contributed by atoms with Crippen molar-refractivity contribution in [3.05, 3.63) is 42.1 Å². The maximum absolute atomic E-state index is 12.5. The number of fused-ring (bicyclic) bond motifs is 2. The van der Waals surface area contributed by atoms with Crippen molar-refractivity contribution in [2.45, 2.75) is 43.8 Å². The lowest BCUT2D eigenvalue weighted by Gasteiger charge is -2.23. The van der Waals surface area contributed by atoms with E-state index in [1.54, 1.807) is 6.20 Å². The highest BCUT2D eigenvalue weighted by atomic mass is 16.2. The van der Waals surface area contributed by atoms with Gasteiger partial charge in [-0.25, -0.2) is 0 Å². The van der Waals surface area contributed by atoms with Gasteiger partial charge in [-0.05, 0) is 42.4 Å². The number of carbonyl (C=O) groups excluding carboxylic acids is 1. The van der Waals surface area contributed by atoms with Crippen molar-refractivity contribution in [1.29, 1.82) is 5.26 Å². The molecule has 1 amide bonds. The van der Waals surface area contributed by atoms with Crippen molar-refractivity contribution in [2.75, 3.05) is 0 Å². The molecule has 134 valence electrons.